The molecule has 0 aromatic rings. The summed E-state index contributed by atoms with van der Waals surface area (Å²) in [4.78, 5) is 10.5. The lowest BCUT2D eigenvalue weighted by Crippen LogP contribution is -1.93. The Kier molecular flexibility index (Phi) is 10.3. The lowest BCUT2D eigenvalue weighted by molar-refractivity contribution is -0.137. The monoisotopic (exact) mass is 244 g/mol. The summed E-state index contributed by atoms with van der Waals surface area (Å²) >= 11 is 0. The topological polar surface area (TPSA) is 37.3 Å². The third kappa shape index (κ3) is 15.5. The zero-order valence-corrected chi connectivity index (χ0v) is 11.3. The number of hydrogen-bond donors (Lipinski definition) is 1. The van der Waals surface area contributed by atoms with Crippen molar-refractivity contribution in [3.05, 3.63) is 0 Å². The normalized spacial score (nSPS) is 13.2. The van der Waals surface area contributed by atoms with Crippen molar-refractivity contribution < 1.29 is 12.6 Å². The van der Waals surface area contributed by atoms with Crippen LogP contribution in [-0.4, -0.2) is 11.1 Å². The second-order valence-corrected chi connectivity index (χ2v) is 4.75. The Morgan fingerprint density at radius 3 is 1.71 bits per heavy atom. The van der Waals surface area contributed by atoms with Crippen LogP contribution in [0.2, 0.25) is 0 Å². The summed E-state index contributed by atoms with van der Waals surface area (Å²) < 4.78 is 15.1. The number of unbranched alkanes of at least 4 members (excludes halogenated alkanes) is 9. The molecule has 102 valence electrons. The SMILES string of the molecule is [2H]C([2H])(CCCCCCCCCCCC)CC(=O)O. The fraction of sp³-hybridized carbons (Fsp3) is 0.933. The molecule has 17 heavy (non-hydrogen) atoms. The zero-order valence-electron chi connectivity index (χ0n) is 13.3. The maximum Gasteiger partial charge on any atom is 0.303 e. The van der Waals surface area contributed by atoms with Crippen molar-refractivity contribution in [1.82, 2.24) is 0 Å². The molecule has 0 heterocycles. The van der Waals surface area contributed by atoms with Crippen LogP contribution in [0.1, 0.15) is 93.1 Å². The highest BCUT2D eigenvalue weighted by molar-refractivity contribution is 5.66. The molecular weight excluding hydrogens is 212 g/mol. The van der Waals surface area contributed by atoms with Gasteiger partial charge in [-0.25, -0.2) is 0 Å². The molecule has 0 aliphatic rings. The van der Waals surface area contributed by atoms with E-state index in [-0.39, 0.29) is 6.42 Å². The third-order valence-corrected chi connectivity index (χ3v) is 2.98. The first-order valence-electron chi connectivity index (χ1n) is 8.20. The molecule has 0 radical (unpaired) electrons. The molecule has 0 aromatic heterocycles. The lowest BCUT2D eigenvalue weighted by Gasteiger charge is -2.02. The van der Waals surface area contributed by atoms with Crippen molar-refractivity contribution in [2.75, 3.05) is 0 Å². The second kappa shape index (κ2) is 13.5. The summed E-state index contributed by atoms with van der Waals surface area (Å²) in [6, 6.07) is 0. The summed E-state index contributed by atoms with van der Waals surface area (Å²) in [5.41, 5.74) is 0. The van der Waals surface area contributed by atoms with Gasteiger partial charge in [0.05, 0.1) is 0 Å². The van der Waals surface area contributed by atoms with Crippen LogP contribution < -0.4 is 0 Å². The molecule has 0 saturated heterocycles. The van der Waals surface area contributed by atoms with E-state index in [0.29, 0.717) is 6.42 Å². The first-order valence-corrected chi connectivity index (χ1v) is 7.20. The van der Waals surface area contributed by atoms with E-state index in [1.54, 1.807) is 0 Å². The van der Waals surface area contributed by atoms with Crippen molar-refractivity contribution in [2.24, 2.45) is 0 Å². The summed E-state index contributed by atoms with van der Waals surface area (Å²) in [6.07, 6.45) is 10.6. The standard InChI is InChI=1S/C15H30O2/c1-2-3-4-5-6-7-8-9-10-11-12-13-14-15(16)17/h2-14H2,1H3,(H,16,17)/i13D2. The molecule has 0 fully saturated rings. The summed E-state index contributed by atoms with van der Waals surface area (Å²) in [6.45, 7) is 2.23. The van der Waals surface area contributed by atoms with Gasteiger partial charge in [0, 0.05) is 9.16 Å². The van der Waals surface area contributed by atoms with E-state index in [1.165, 1.54) is 44.9 Å². The summed E-state index contributed by atoms with van der Waals surface area (Å²) in [7, 11) is 0. The van der Waals surface area contributed by atoms with E-state index >= 15 is 0 Å². The van der Waals surface area contributed by atoms with Crippen LogP contribution in [0.4, 0.5) is 0 Å². The molecule has 0 amide bonds. The van der Waals surface area contributed by atoms with Gasteiger partial charge < -0.3 is 5.11 Å². The van der Waals surface area contributed by atoms with Gasteiger partial charge in [0.2, 0.25) is 0 Å². The van der Waals surface area contributed by atoms with Gasteiger partial charge in [-0.05, 0) is 6.37 Å². The summed E-state index contributed by atoms with van der Waals surface area (Å²) in [5.74, 6) is -1.04. The number of carboxylic acids is 1. The molecule has 0 unspecified atom stereocenters. The van der Waals surface area contributed by atoms with Crippen LogP contribution in [0, 0.1) is 0 Å². The zero-order chi connectivity index (χ0) is 14.6. The second-order valence-electron chi connectivity index (χ2n) is 4.75. The molecule has 0 aliphatic carbocycles. The minimum absolute atomic E-state index is 0.371. The predicted octanol–water partition coefficient (Wildman–Crippen LogP) is 5.16. The highest BCUT2D eigenvalue weighted by Gasteiger charge is 1.96. The predicted molar refractivity (Wildman–Crippen MR) is 73.3 cm³/mol. The average molecular weight is 244 g/mol. The largest absolute Gasteiger partial charge is 0.481 e. The highest BCUT2D eigenvalue weighted by atomic mass is 16.4. The van der Waals surface area contributed by atoms with Crippen LogP contribution in [0.15, 0.2) is 0 Å². The molecule has 0 spiro atoms. The van der Waals surface area contributed by atoms with E-state index in [4.69, 9.17) is 7.85 Å². The Morgan fingerprint density at radius 2 is 1.29 bits per heavy atom. The molecule has 2 nitrogen and oxygen atoms in total. The first-order chi connectivity index (χ1) is 8.98. The molecule has 2 heteroatoms. The van der Waals surface area contributed by atoms with Crippen molar-refractivity contribution >= 4 is 5.97 Å². The summed E-state index contributed by atoms with van der Waals surface area (Å²) in [5, 5.41) is 8.57. The minimum Gasteiger partial charge on any atom is -0.481 e. The number of carboxylic acid groups (broad SMARTS) is 1. The molecule has 0 atom stereocenters. The lowest BCUT2D eigenvalue weighted by atomic mass is 10.0. The minimum atomic E-state index is -1.54. The van der Waals surface area contributed by atoms with E-state index in [0.717, 1.165) is 19.3 Å². The number of rotatable bonds is 13. The van der Waals surface area contributed by atoms with Gasteiger partial charge in [0.15, 0.2) is 0 Å². The van der Waals surface area contributed by atoms with Gasteiger partial charge in [0.25, 0.3) is 0 Å². The van der Waals surface area contributed by atoms with Gasteiger partial charge >= 0.3 is 5.97 Å². The Morgan fingerprint density at radius 1 is 0.882 bits per heavy atom. The molecule has 0 aliphatic heterocycles. The Bertz CT molecular complexity index is 230. The van der Waals surface area contributed by atoms with Gasteiger partial charge in [-0.15, -0.1) is 0 Å². The number of carbonyl (C=O) groups is 1. The van der Waals surface area contributed by atoms with Gasteiger partial charge in [-0.1, -0.05) is 77.6 Å². The fourth-order valence-corrected chi connectivity index (χ4v) is 1.93. The van der Waals surface area contributed by atoms with Crippen molar-refractivity contribution in [2.45, 2.75) is 90.3 Å². The number of aliphatic carboxylic acids is 1. The fourth-order valence-electron chi connectivity index (χ4n) is 1.93. The van der Waals surface area contributed by atoms with Gasteiger partial charge in [-0.2, -0.15) is 0 Å². The van der Waals surface area contributed by atoms with Crippen LogP contribution in [0.5, 0.6) is 0 Å². The maximum absolute atomic E-state index is 10.5. The maximum atomic E-state index is 10.5. The van der Waals surface area contributed by atoms with Crippen molar-refractivity contribution in [1.29, 1.82) is 0 Å². The quantitative estimate of drug-likeness (QED) is 0.454. The van der Waals surface area contributed by atoms with E-state index in [1.807, 2.05) is 0 Å². The highest BCUT2D eigenvalue weighted by Crippen LogP contribution is 2.12. The Labute approximate surface area is 110 Å². The smallest absolute Gasteiger partial charge is 0.303 e. The van der Waals surface area contributed by atoms with Crippen molar-refractivity contribution in [3.63, 3.8) is 0 Å². The first kappa shape index (κ1) is 12.9. The van der Waals surface area contributed by atoms with Crippen LogP contribution in [0.3, 0.4) is 0 Å². The molecular formula is C15H30O2. The molecule has 1 N–H and O–H groups in total. The average Bonchev–Trinajstić information content (AvgIpc) is 2.30. The van der Waals surface area contributed by atoms with Gasteiger partial charge in [0.1, 0.15) is 0 Å². The Balaban J connectivity index is 3.28. The van der Waals surface area contributed by atoms with E-state index in [9.17, 15) is 4.79 Å². The van der Waals surface area contributed by atoms with Crippen LogP contribution in [0.25, 0.3) is 0 Å². The molecule has 0 rings (SSSR count). The Hall–Kier alpha value is -0.530. The van der Waals surface area contributed by atoms with Crippen LogP contribution in [-0.2, 0) is 4.79 Å². The van der Waals surface area contributed by atoms with Crippen molar-refractivity contribution in [3.8, 4) is 0 Å². The van der Waals surface area contributed by atoms with E-state index < -0.39 is 12.3 Å². The van der Waals surface area contributed by atoms with E-state index in [2.05, 4.69) is 6.92 Å². The molecule has 0 saturated carbocycles. The molecule has 0 aromatic carbocycles. The van der Waals surface area contributed by atoms with Gasteiger partial charge in [-0.3, -0.25) is 4.79 Å². The number of hydrogen-bond acceptors (Lipinski definition) is 1. The van der Waals surface area contributed by atoms with Crippen LogP contribution >= 0.6 is 0 Å². The third-order valence-electron chi connectivity index (χ3n) is 2.98. The molecule has 0 bridgehead atoms.